The summed E-state index contributed by atoms with van der Waals surface area (Å²) < 4.78 is 42.7. The fourth-order valence-electron chi connectivity index (χ4n) is 1.31. The highest BCUT2D eigenvalue weighted by atomic mass is 32.2. The Morgan fingerprint density at radius 2 is 2.18 bits per heavy atom. The van der Waals surface area contributed by atoms with Gasteiger partial charge in [0.15, 0.2) is 11.6 Å². The van der Waals surface area contributed by atoms with Gasteiger partial charge in [0, 0.05) is 12.3 Å². The molecule has 1 heterocycles. The van der Waals surface area contributed by atoms with Crippen molar-refractivity contribution >= 4 is 10.0 Å². The van der Waals surface area contributed by atoms with Crippen LogP contribution in [-0.4, -0.2) is 24.7 Å². The van der Waals surface area contributed by atoms with Gasteiger partial charge in [0.2, 0.25) is 0 Å². The molecule has 0 saturated heterocycles. The van der Waals surface area contributed by atoms with Crippen LogP contribution in [0.3, 0.4) is 0 Å². The molecule has 0 saturated carbocycles. The van der Waals surface area contributed by atoms with Gasteiger partial charge in [-0.2, -0.15) is 17.6 Å². The molecular weight excluding hydrogens is 247 g/mol. The summed E-state index contributed by atoms with van der Waals surface area (Å²) >= 11 is 0. The lowest BCUT2D eigenvalue weighted by Crippen LogP contribution is -2.13. The normalized spacial score (nSPS) is 11.4. The van der Waals surface area contributed by atoms with Crippen molar-refractivity contribution in [2.24, 2.45) is 0 Å². The number of hydrogen-bond acceptors (Lipinski definition) is 4. The van der Waals surface area contributed by atoms with Crippen LogP contribution in [0.4, 0.5) is 4.39 Å². The predicted molar refractivity (Wildman–Crippen MR) is 57.8 cm³/mol. The van der Waals surface area contributed by atoms with Gasteiger partial charge in [0.25, 0.3) is 10.0 Å². The minimum absolute atomic E-state index is 0.0838. The SMILES string of the molecule is COc1cc(S(=O)(=O)n2cccn2)ccc1F. The molecule has 2 rings (SSSR count). The van der Waals surface area contributed by atoms with Gasteiger partial charge in [-0.25, -0.2) is 4.39 Å². The van der Waals surface area contributed by atoms with Crippen molar-refractivity contribution in [3.05, 3.63) is 42.5 Å². The van der Waals surface area contributed by atoms with E-state index in [0.29, 0.717) is 0 Å². The minimum atomic E-state index is -3.79. The minimum Gasteiger partial charge on any atom is -0.494 e. The largest absolute Gasteiger partial charge is 0.494 e. The molecule has 0 spiro atoms. The molecule has 0 aliphatic heterocycles. The van der Waals surface area contributed by atoms with E-state index in [4.69, 9.17) is 4.74 Å². The molecule has 0 fully saturated rings. The Morgan fingerprint density at radius 1 is 1.41 bits per heavy atom. The summed E-state index contributed by atoms with van der Waals surface area (Å²) in [6.45, 7) is 0. The molecule has 5 nitrogen and oxygen atoms in total. The van der Waals surface area contributed by atoms with Crippen molar-refractivity contribution in [3.63, 3.8) is 0 Å². The third-order valence-corrected chi connectivity index (χ3v) is 3.71. The van der Waals surface area contributed by atoms with Gasteiger partial charge in [-0.05, 0) is 18.2 Å². The molecular formula is C10H9FN2O3S. The van der Waals surface area contributed by atoms with Crippen LogP contribution in [0.15, 0.2) is 41.6 Å². The lowest BCUT2D eigenvalue weighted by molar-refractivity contribution is 0.385. The molecule has 2 aromatic rings. The van der Waals surface area contributed by atoms with E-state index in [-0.39, 0.29) is 10.6 Å². The number of hydrogen-bond donors (Lipinski definition) is 0. The van der Waals surface area contributed by atoms with Crippen molar-refractivity contribution in [3.8, 4) is 5.75 Å². The van der Waals surface area contributed by atoms with Crippen molar-refractivity contribution < 1.29 is 17.5 Å². The highest BCUT2D eigenvalue weighted by molar-refractivity contribution is 7.89. The topological polar surface area (TPSA) is 61.2 Å². The first-order valence-corrected chi connectivity index (χ1v) is 6.08. The Balaban J connectivity index is 2.55. The summed E-state index contributed by atoms with van der Waals surface area (Å²) in [5, 5.41) is 3.64. The number of benzene rings is 1. The molecule has 0 aliphatic carbocycles. The molecule has 17 heavy (non-hydrogen) atoms. The van der Waals surface area contributed by atoms with E-state index in [0.717, 1.165) is 22.3 Å². The van der Waals surface area contributed by atoms with Crippen molar-refractivity contribution in [1.29, 1.82) is 0 Å². The Kier molecular flexibility index (Phi) is 2.84. The molecule has 0 radical (unpaired) electrons. The lowest BCUT2D eigenvalue weighted by atomic mass is 10.3. The molecule has 0 atom stereocenters. The molecule has 7 heteroatoms. The van der Waals surface area contributed by atoms with Crippen molar-refractivity contribution in [2.45, 2.75) is 4.90 Å². The van der Waals surface area contributed by atoms with E-state index in [9.17, 15) is 12.8 Å². The standard InChI is InChI=1S/C10H9FN2O3S/c1-16-10-7-8(3-4-9(10)11)17(14,15)13-6-2-5-12-13/h2-7H,1H3. The van der Waals surface area contributed by atoms with Crippen LogP contribution in [0.1, 0.15) is 0 Å². The van der Waals surface area contributed by atoms with Crippen LogP contribution in [0.2, 0.25) is 0 Å². The van der Waals surface area contributed by atoms with Crippen LogP contribution in [0.25, 0.3) is 0 Å². The van der Waals surface area contributed by atoms with Gasteiger partial charge in [-0.3, -0.25) is 0 Å². The maximum absolute atomic E-state index is 13.2. The van der Waals surface area contributed by atoms with Crippen LogP contribution in [-0.2, 0) is 10.0 Å². The molecule has 1 aromatic heterocycles. The zero-order chi connectivity index (χ0) is 12.5. The predicted octanol–water partition coefficient (Wildman–Crippen LogP) is 1.27. The number of nitrogens with zero attached hydrogens (tertiary/aromatic N) is 2. The summed E-state index contributed by atoms with van der Waals surface area (Å²) in [5.74, 6) is -0.745. The van der Waals surface area contributed by atoms with Gasteiger partial charge in [0.05, 0.1) is 18.2 Å². The van der Waals surface area contributed by atoms with Crippen molar-refractivity contribution in [2.75, 3.05) is 7.11 Å². The quantitative estimate of drug-likeness (QED) is 0.829. The smallest absolute Gasteiger partial charge is 0.283 e. The summed E-state index contributed by atoms with van der Waals surface area (Å²) in [6, 6.07) is 4.80. The van der Waals surface area contributed by atoms with Gasteiger partial charge in [-0.1, -0.05) is 0 Å². The maximum Gasteiger partial charge on any atom is 0.283 e. The second-order valence-electron chi connectivity index (χ2n) is 3.18. The van der Waals surface area contributed by atoms with E-state index in [1.54, 1.807) is 0 Å². The highest BCUT2D eigenvalue weighted by Crippen LogP contribution is 2.22. The molecule has 0 unspecified atom stereocenters. The third kappa shape index (κ3) is 2.01. The van der Waals surface area contributed by atoms with Gasteiger partial charge in [-0.15, -0.1) is 0 Å². The summed E-state index contributed by atoms with van der Waals surface area (Å²) in [7, 11) is -2.52. The zero-order valence-electron chi connectivity index (χ0n) is 8.87. The van der Waals surface area contributed by atoms with E-state index in [1.807, 2.05) is 0 Å². The molecule has 0 aliphatic rings. The third-order valence-electron chi connectivity index (χ3n) is 2.15. The van der Waals surface area contributed by atoms with E-state index in [1.165, 1.54) is 25.6 Å². The number of halogens is 1. The first-order valence-electron chi connectivity index (χ1n) is 4.64. The zero-order valence-corrected chi connectivity index (χ0v) is 9.69. The molecule has 90 valence electrons. The van der Waals surface area contributed by atoms with Gasteiger partial charge < -0.3 is 4.74 Å². The average molecular weight is 256 g/mol. The molecule has 0 amide bonds. The van der Waals surface area contributed by atoms with E-state index >= 15 is 0 Å². The molecule has 0 N–H and O–H groups in total. The van der Waals surface area contributed by atoms with Gasteiger partial charge >= 0.3 is 0 Å². The van der Waals surface area contributed by atoms with Crippen LogP contribution < -0.4 is 4.74 Å². The molecule has 0 bridgehead atoms. The number of methoxy groups -OCH3 is 1. The summed E-state index contributed by atoms with van der Waals surface area (Å²) in [5.41, 5.74) is 0. The number of aromatic nitrogens is 2. The molecule has 1 aromatic carbocycles. The Labute approximate surface area is 97.5 Å². The second kappa shape index (κ2) is 4.17. The van der Waals surface area contributed by atoms with Crippen molar-refractivity contribution in [1.82, 2.24) is 9.19 Å². The van der Waals surface area contributed by atoms with Crippen LogP contribution >= 0.6 is 0 Å². The first kappa shape index (κ1) is 11.6. The van der Waals surface area contributed by atoms with Crippen LogP contribution in [0.5, 0.6) is 5.75 Å². The van der Waals surface area contributed by atoms with Gasteiger partial charge in [0.1, 0.15) is 0 Å². The fourth-order valence-corrected chi connectivity index (χ4v) is 2.43. The average Bonchev–Trinajstić information content (AvgIpc) is 2.83. The monoisotopic (exact) mass is 256 g/mol. The van der Waals surface area contributed by atoms with Crippen LogP contribution in [0, 0.1) is 5.82 Å². The summed E-state index contributed by atoms with van der Waals surface area (Å²) in [6.07, 6.45) is 2.64. The fraction of sp³-hybridized carbons (Fsp3) is 0.100. The number of ether oxygens (including phenoxy) is 1. The second-order valence-corrected chi connectivity index (χ2v) is 4.98. The lowest BCUT2D eigenvalue weighted by Gasteiger charge is -2.06. The Hall–Kier alpha value is -1.89. The Bertz CT molecular complexity index is 623. The summed E-state index contributed by atoms with van der Waals surface area (Å²) in [4.78, 5) is -0.0838. The van der Waals surface area contributed by atoms with E-state index < -0.39 is 15.8 Å². The van der Waals surface area contributed by atoms with E-state index in [2.05, 4.69) is 5.10 Å². The first-order chi connectivity index (χ1) is 8.05. The number of rotatable bonds is 3. The maximum atomic E-state index is 13.2. The highest BCUT2D eigenvalue weighted by Gasteiger charge is 2.18. The Morgan fingerprint density at radius 3 is 2.76 bits per heavy atom.